The summed E-state index contributed by atoms with van der Waals surface area (Å²) in [7, 11) is 1.31. The molecule has 3 rings (SSSR count). The topological polar surface area (TPSA) is 64.6 Å². The van der Waals surface area contributed by atoms with Crippen LogP contribution >= 0.6 is 15.9 Å². The van der Waals surface area contributed by atoms with Gasteiger partial charge in [-0.25, -0.2) is 4.79 Å². The number of carbonyl (C=O) groups is 2. The van der Waals surface area contributed by atoms with Gasteiger partial charge in [0, 0.05) is 16.5 Å². The molecule has 154 valence electrons. The van der Waals surface area contributed by atoms with Crippen molar-refractivity contribution in [3.05, 3.63) is 100 Å². The molecule has 0 saturated heterocycles. The Bertz CT molecular complexity index is 1010. The molecule has 0 unspecified atom stereocenters. The first-order chi connectivity index (χ1) is 14.5. The molecule has 0 radical (unpaired) electrons. The minimum atomic E-state index is -0.814. The number of hydrogen-bond acceptors (Lipinski definition) is 4. The molecule has 1 amide bonds. The van der Waals surface area contributed by atoms with Crippen LogP contribution in [0.3, 0.4) is 0 Å². The third-order valence-electron chi connectivity index (χ3n) is 4.46. The molecule has 0 aromatic heterocycles. The second-order valence-corrected chi connectivity index (χ2v) is 7.60. The van der Waals surface area contributed by atoms with E-state index in [4.69, 9.17) is 9.47 Å². The van der Waals surface area contributed by atoms with Crippen LogP contribution in [0.2, 0.25) is 0 Å². The zero-order chi connectivity index (χ0) is 21.3. The van der Waals surface area contributed by atoms with E-state index in [9.17, 15) is 9.59 Å². The molecular weight excluding hydrogens is 446 g/mol. The molecule has 0 spiro atoms. The van der Waals surface area contributed by atoms with Crippen molar-refractivity contribution >= 4 is 27.8 Å². The van der Waals surface area contributed by atoms with Gasteiger partial charge in [0.1, 0.15) is 18.4 Å². The number of carbonyl (C=O) groups excluding carboxylic acids is 2. The van der Waals surface area contributed by atoms with Crippen molar-refractivity contribution in [1.82, 2.24) is 5.32 Å². The Morgan fingerprint density at radius 1 is 0.933 bits per heavy atom. The Morgan fingerprint density at radius 2 is 1.67 bits per heavy atom. The number of ether oxygens (including phenoxy) is 2. The van der Waals surface area contributed by atoms with Crippen LogP contribution in [0, 0.1) is 0 Å². The van der Waals surface area contributed by atoms with E-state index in [0.717, 1.165) is 15.6 Å². The van der Waals surface area contributed by atoms with Gasteiger partial charge in [-0.3, -0.25) is 4.79 Å². The lowest BCUT2D eigenvalue weighted by Gasteiger charge is -2.17. The van der Waals surface area contributed by atoms with E-state index < -0.39 is 12.0 Å². The number of benzene rings is 3. The zero-order valence-electron chi connectivity index (χ0n) is 16.5. The van der Waals surface area contributed by atoms with E-state index in [2.05, 4.69) is 21.2 Å². The van der Waals surface area contributed by atoms with Crippen LogP contribution in [0.4, 0.5) is 0 Å². The van der Waals surface area contributed by atoms with Crippen LogP contribution in [0.25, 0.3) is 0 Å². The first-order valence-corrected chi connectivity index (χ1v) is 10.2. The molecule has 0 aliphatic carbocycles. The van der Waals surface area contributed by atoms with Crippen LogP contribution in [0.15, 0.2) is 83.3 Å². The lowest BCUT2D eigenvalue weighted by Crippen LogP contribution is -2.43. The molecule has 0 fully saturated rings. The van der Waals surface area contributed by atoms with E-state index in [0.29, 0.717) is 17.9 Å². The summed E-state index contributed by atoms with van der Waals surface area (Å²) in [6.07, 6.45) is 0.287. The number of halogens is 1. The fourth-order valence-electron chi connectivity index (χ4n) is 2.95. The number of esters is 1. The van der Waals surface area contributed by atoms with Gasteiger partial charge in [-0.1, -0.05) is 64.5 Å². The quantitative estimate of drug-likeness (QED) is 0.493. The molecule has 0 aliphatic rings. The lowest BCUT2D eigenvalue weighted by atomic mass is 10.0. The van der Waals surface area contributed by atoms with Crippen molar-refractivity contribution in [1.29, 1.82) is 0 Å². The Labute approximate surface area is 184 Å². The first kappa shape index (κ1) is 21.6. The average molecular weight is 468 g/mol. The van der Waals surface area contributed by atoms with E-state index in [1.54, 1.807) is 18.2 Å². The third kappa shape index (κ3) is 6.19. The molecular formula is C24H22BrNO4. The maximum atomic E-state index is 12.6. The van der Waals surface area contributed by atoms with Crippen molar-refractivity contribution in [2.45, 2.75) is 19.1 Å². The Kier molecular flexibility index (Phi) is 7.63. The van der Waals surface area contributed by atoms with Gasteiger partial charge >= 0.3 is 5.97 Å². The van der Waals surface area contributed by atoms with Crippen LogP contribution in [0.1, 0.15) is 21.5 Å². The molecule has 3 aromatic carbocycles. The Balaban J connectivity index is 1.68. The SMILES string of the molecule is COC(=O)[C@@H](Cc1cccc(OCc2ccccc2)c1)NC(=O)c1cccc(Br)c1. The van der Waals surface area contributed by atoms with Gasteiger partial charge in [0.05, 0.1) is 7.11 Å². The maximum Gasteiger partial charge on any atom is 0.328 e. The first-order valence-electron chi connectivity index (χ1n) is 9.45. The normalized spacial score (nSPS) is 11.4. The maximum absolute atomic E-state index is 12.6. The fourth-order valence-corrected chi connectivity index (χ4v) is 3.34. The van der Waals surface area contributed by atoms with Gasteiger partial charge in [0.2, 0.25) is 0 Å². The highest BCUT2D eigenvalue weighted by Gasteiger charge is 2.23. The highest BCUT2D eigenvalue weighted by molar-refractivity contribution is 9.10. The van der Waals surface area contributed by atoms with Crippen LogP contribution in [-0.2, 0) is 22.6 Å². The van der Waals surface area contributed by atoms with Crippen molar-refractivity contribution in [3.8, 4) is 5.75 Å². The summed E-state index contributed by atoms with van der Waals surface area (Å²) in [6, 6.07) is 23.5. The van der Waals surface area contributed by atoms with Gasteiger partial charge in [-0.05, 0) is 41.5 Å². The van der Waals surface area contributed by atoms with E-state index in [-0.39, 0.29) is 12.3 Å². The summed E-state index contributed by atoms with van der Waals surface area (Å²) in [5, 5.41) is 2.76. The summed E-state index contributed by atoms with van der Waals surface area (Å²) in [5.41, 5.74) is 2.38. The molecule has 3 aromatic rings. The van der Waals surface area contributed by atoms with E-state index in [1.165, 1.54) is 7.11 Å². The third-order valence-corrected chi connectivity index (χ3v) is 4.96. The fraction of sp³-hybridized carbons (Fsp3) is 0.167. The highest BCUT2D eigenvalue weighted by Crippen LogP contribution is 2.17. The molecule has 0 aliphatic heterocycles. The van der Waals surface area contributed by atoms with Crippen molar-refractivity contribution in [2.24, 2.45) is 0 Å². The number of rotatable bonds is 8. The van der Waals surface area contributed by atoms with E-state index >= 15 is 0 Å². The highest BCUT2D eigenvalue weighted by atomic mass is 79.9. The summed E-state index contributed by atoms with van der Waals surface area (Å²) < 4.78 is 11.5. The number of methoxy groups -OCH3 is 1. The molecule has 0 heterocycles. The molecule has 5 nitrogen and oxygen atoms in total. The molecule has 1 atom stereocenters. The monoisotopic (exact) mass is 467 g/mol. The predicted molar refractivity (Wildman–Crippen MR) is 118 cm³/mol. The number of nitrogens with one attached hydrogen (secondary N) is 1. The van der Waals surface area contributed by atoms with Gasteiger partial charge in [-0.2, -0.15) is 0 Å². The lowest BCUT2D eigenvalue weighted by molar-refractivity contribution is -0.142. The predicted octanol–water partition coefficient (Wildman–Crippen LogP) is 4.54. The van der Waals surface area contributed by atoms with Gasteiger partial charge in [-0.15, -0.1) is 0 Å². The van der Waals surface area contributed by atoms with Crippen LogP contribution in [0.5, 0.6) is 5.75 Å². The van der Waals surface area contributed by atoms with Gasteiger partial charge in [0.25, 0.3) is 5.91 Å². The molecule has 0 bridgehead atoms. The Hall–Kier alpha value is -3.12. The molecule has 6 heteroatoms. The van der Waals surface area contributed by atoms with Crippen molar-refractivity contribution in [3.63, 3.8) is 0 Å². The second-order valence-electron chi connectivity index (χ2n) is 6.69. The van der Waals surface area contributed by atoms with Crippen molar-refractivity contribution in [2.75, 3.05) is 7.11 Å². The number of amides is 1. The smallest absolute Gasteiger partial charge is 0.328 e. The van der Waals surface area contributed by atoms with Gasteiger partial charge < -0.3 is 14.8 Å². The minimum absolute atomic E-state index is 0.287. The summed E-state index contributed by atoms with van der Waals surface area (Å²) >= 11 is 3.35. The van der Waals surface area contributed by atoms with E-state index in [1.807, 2.05) is 60.7 Å². The molecule has 1 N–H and O–H groups in total. The minimum Gasteiger partial charge on any atom is -0.489 e. The van der Waals surface area contributed by atoms with Crippen LogP contribution < -0.4 is 10.1 Å². The molecule has 30 heavy (non-hydrogen) atoms. The summed E-state index contributed by atoms with van der Waals surface area (Å²) in [6.45, 7) is 0.449. The Morgan fingerprint density at radius 3 is 2.40 bits per heavy atom. The largest absolute Gasteiger partial charge is 0.489 e. The van der Waals surface area contributed by atoms with Crippen molar-refractivity contribution < 1.29 is 19.1 Å². The summed E-state index contributed by atoms with van der Waals surface area (Å²) in [5.74, 6) is -0.157. The standard InChI is InChI=1S/C24H22BrNO4/c1-29-24(28)22(26-23(27)19-10-6-11-20(25)15-19)14-18-9-5-12-21(13-18)30-16-17-7-3-2-4-8-17/h2-13,15,22H,14,16H2,1H3,(H,26,27)/t22-/m1/s1. The summed E-state index contributed by atoms with van der Waals surface area (Å²) in [4.78, 5) is 24.8. The zero-order valence-corrected chi connectivity index (χ0v) is 18.1. The average Bonchev–Trinajstić information content (AvgIpc) is 2.77. The van der Waals surface area contributed by atoms with Crippen LogP contribution in [-0.4, -0.2) is 25.0 Å². The second kappa shape index (κ2) is 10.6. The van der Waals surface area contributed by atoms with Gasteiger partial charge in [0.15, 0.2) is 0 Å². The molecule has 0 saturated carbocycles. The number of hydrogen-bond donors (Lipinski definition) is 1.